The van der Waals surface area contributed by atoms with Crippen molar-refractivity contribution in [1.82, 2.24) is 9.97 Å². The van der Waals surface area contributed by atoms with Gasteiger partial charge in [0.2, 0.25) is 23.8 Å². The third kappa shape index (κ3) is 3.88. The standard InChI is InChI=1S/C28H8F6N6/c1-37-28(38-2)17-8-16-23(12-5-20(31)40-21(32)6-12)24-15(7-14(26(24)33)13(9-35)10-36)22(25(16)27(17)34)11-3-18(29)39-19(30)4-11/h3-6H,7-8H2. The second kappa shape index (κ2) is 9.54. The van der Waals surface area contributed by atoms with Crippen LogP contribution in [0.4, 0.5) is 26.3 Å². The number of aromatic nitrogens is 2. The predicted molar refractivity (Wildman–Crippen MR) is 127 cm³/mol. The van der Waals surface area contributed by atoms with Gasteiger partial charge in [-0.3, -0.25) is 0 Å². The Morgan fingerprint density at radius 3 is 1.43 bits per heavy atom. The number of halogens is 6. The Bertz CT molecular complexity index is 1840. The van der Waals surface area contributed by atoms with Gasteiger partial charge in [0.05, 0.1) is 5.57 Å². The molecule has 2 aliphatic rings. The molecule has 5 rings (SSSR count). The van der Waals surface area contributed by atoms with E-state index in [0.29, 0.717) is 0 Å². The van der Waals surface area contributed by atoms with Gasteiger partial charge in [-0.05, 0) is 33.4 Å². The first kappa shape index (κ1) is 25.9. The lowest BCUT2D eigenvalue weighted by Crippen LogP contribution is -2.24. The monoisotopic (exact) mass is 542 g/mol. The minimum absolute atomic E-state index is 0.138. The topological polar surface area (TPSA) is 82.1 Å². The van der Waals surface area contributed by atoms with Crippen molar-refractivity contribution in [2.75, 3.05) is 0 Å². The summed E-state index contributed by atoms with van der Waals surface area (Å²) in [7, 11) is 0. The Balaban J connectivity index is 2.11. The number of nitriles is 2. The molecule has 40 heavy (non-hydrogen) atoms. The van der Waals surface area contributed by atoms with Gasteiger partial charge in [0.15, 0.2) is 0 Å². The molecule has 1 aromatic carbocycles. The summed E-state index contributed by atoms with van der Waals surface area (Å²) in [6.45, 7) is 14.6. The molecule has 0 saturated carbocycles. The van der Waals surface area contributed by atoms with E-state index in [4.69, 9.17) is 13.1 Å². The highest BCUT2D eigenvalue weighted by Crippen LogP contribution is 2.40. The molecule has 2 aromatic heterocycles. The van der Waals surface area contributed by atoms with Crippen molar-refractivity contribution in [3.63, 3.8) is 0 Å². The van der Waals surface area contributed by atoms with E-state index in [1.54, 1.807) is 12.1 Å². The van der Waals surface area contributed by atoms with Gasteiger partial charge in [-0.15, -0.1) is 0 Å². The van der Waals surface area contributed by atoms with Crippen molar-refractivity contribution in [2.24, 2.45) is 0 Å². The maximum Gasteiger partial charge on any atom is 0.525 e. The summed E-state index contributed by atoms with van der Waals surface area (Å²) in [6.07, 6.45) is -1.05. The smallest absolute Gasteiger partial charge is 0.207 e. The maximum atomic E-state index is 16.2. The van der Waals surface area contributed by atoms with Gasteiger partial charge >= 0.3 is 5.82 Å². The van der Waals surface area contributed by atoms with Crippen LogP contribution in [0, 0.1) is 59.6 Å². The van der Waals surface area contributed by atoms with Crippen molar-refractivity contribution >= 4 is 11.7 Å². The molecule has 0 saturated heterocycles. The first-order chi connectivity index (χ1) is 19.1. The third-order valence-corrected chi connectivity index (χ3v) is 6.49. The van der Waals surface area contributed by atoms with Crippen LogP contribution >= 0.6 is 0 Å². The van der Waals surface area contributed by atoms with E-state index in [0.717, 1.165) is 24.3 Å². The molecule has 0 unspecified atom stereocenters. The molecular formula is C28H8F6N6. The van der Waals surface area contributed by atoms with Crippen LogP contribution in [0.25, 0.3) is 43.6 Å². The maximum absolute atomic E-state index is 16.2. The van der Waals surface area contributed by atoms with E-state index in [1.165, 1.54) is 0 Å². The highest BCUT2D eigenvalue weighted by Gasteiger charge is 2.36. The van der Waals surface area contributed by atoms with Crippen molar-refractivity contribution in [3.8, 4) is 34.4 Å². The van der Waals surface area contributed by atoms with E-state index in [1.807, 2.05) is 0 Å². The number of hydrogen-bond donors (Lipinski definition) is 0. The fourth-order valence-corrected chi connectivity index (χ4v) is 5.05. The Labute approximate surface area is 221 Å². The summed E-state index contributed by atoms with van der Waals surface area (Å²) in [4.78, 5) is 12.1. The predicted octanol–water partition coefficient (Wildman–Crippen LogP) is 5.03. The number of hydrogen-bond acceptors (Lipinski definition) is 4. The van der Waals surface area contributed by atoms with Crippen LogP contribution in [0.1, 0.15) is 11.1 Å². The van der Waals surface area contributed by atoms with Crippen LogP contribution in [0.15, 0.2) is 46.8 Å². The Hall–Kier alpha value is -5.72. The second-order valence-electron chi connectivity index (χ2n) is 8.54. The number of rotatable bonds is 2. The molecular weight excluding hydrogens is 534 g/mol. The second-order valence-corrected chi connectivity index (χ2v) is 8.54. The fourth-order valence-electron chi connectivity index (χ4n) is 5.05. The van der Waals surface area contributed by atoms with Crippen LogP contribution < -0.4 is 10.4 Å². The van der Waals surface area contributed by atoms with Gasteiger partial charge in [-0.1, -0.05) is 0 Å². The average Bonchev–Trinajstić information content (AvgIpc) is 3.40. The van der Waals surface area contributed by atoms with Crippen LogP contribution in [-0.2, 0) is 12.8 Å². The minimum atomic E-state index is -1.30. The lowest BCUT2D eigenvalue weighted by Gasteiger charge is -2.16. The zero-order chi connectivity index (χ0) is 28.9. The van der Waals surface area contributed by atoms with Gasteiger partial charge in [0.1, 0.15) is 42.5 Å². The van der Waals surface area contributed by atoms with Gasteiger partial charge in [-0.2, -0.15) is 47.7 Å². The highest BCUT2D eigenvalue weighted by atomic mass is 19.2. The van der Waals surface area contributed by atoms with Gasteiger partial charge < -0.3 is 0 Å². The number of nitrogens with zero attached hydrogens (tertiary/aromatic N) is 6. The summed E-state index contributed by atoms with van der Waals surface area (Å²) in [5, 5.41) is 18.0. The zero-order valence-electron chi connectivity index (χ0n) is 19.7. The molecule has 0 aliphatic heterocycles. The number of allylic oxidation sites excluding steroid dienone is 3. The number of pyridine rings is 2. The molecule has 3 aromatic rings. The molecule has 0 radical (unpaired) electrons. The Morgan fingerprint density at radius 1 is 0.675 bits per heavy atom. The summed E-state index contributed by atoms with van der Waals surface area (Å²) >= 11 is 0. The molecule has 192 valence electrons. The summed E-state index contributed by atoms with van der Waals surface area (Å²) < 4.78 is 89.3. The Morgan fingerprint density at radius 2 is 1.05 bits per heavy atom. The van der Waals surface area contributed by atoms with Gasteiger partial charge in [0.25, 0.3) is 0 Å². The molecule has 6 nitrogen and oxygen atoms in total. The molecule has 0 spiro atoms. The fraction of sp³-hybridized carbons (Fsp3) is 0.0714. The molecule has 2 aliphatic carbocycles. The van der Waals surface area contributed by atoms with Gasteiger partial charge in [0, 0.05) is 53.1 Å². The van der Waals surface area contributed by atoms with Crippen LogP contribution in [0.3, 0.4) is 0 Å². The van der Waals surface area contributed by atoms with E-state index in [9.17, 15) is 28.1 Å². The van der Waals surface area contributed by atoms with E-state index in [2.05, 4.69) is 19.7 Å². The summed E-state index contributed by atoms with van der Waals surface area (Å²) in [6, 6.07) is 6.12. The van der Waals surface area contributed by atoms with Crippen molar-refractivity contribution in [2.45, 2.75) is 12.8 Å². The van der Waals surface area contributed by atoms with E-state index < -0.39 is 76.0 Å². The highest BCUT2D eigenvalue weighted by molar-refractivity contribution is 5.90. The first-order valence-electron chi connectivity index (χ1n) is 11.1. The third-order valence-electron chi connectivity index (χ3n) is 6.49. The molecule has 0 N–H and O–H groups in total. The van der Waals surface area contributed by atoms with Gasteiger partial charge in [-0.25, -0.2) is 8.78 Å². The lowest BCUT2D eigenvalue weighted by molar-refractivity contribution is 0.512. The molecule has 0 amide bonds. The van der Waals surface area contributed by atoms with Crippen molar-refractivity contribution in [3.05, 3.63) is 115 Å². The normalized spacial score (nSPS) is 13.2. The number of benzene rings is 1. The quantitative estimate of drug-likeness (QED) is 0.197. The summed E-state index contributed by atoms with van der Waals surface area (Å²) in [5.74, 6) is -8.16. The minimum Gasteiger partial charge on any atom is -0.207 e. The lowest BCUT2D eigenvalue weighted by atomic mass is 9.87. The SMILES string of the molecule is [C-]#[N+]C([N+]#[C-])=C1Cc2c(-c3cc(F)nc(F)c3)c3c(c(-c4cc(F)nc(F)c4)c2=C1F)CC(=C(C#N)C#N)C=3F. The molecule has 0 fully saturated rings. The van der Waals surface area contributed by atoms with Crippen LogP contribution in [0.5, 0.6) is 0 Å². The number of fused-ring (bicyclic) bond motifs is 2. The molecule has 2 heterocycles. The molecule has 0 bridgehead atoms. The first-order valence-corrected chi connectivity index (χ1v) is 11.1. The van der Waals surface area contributed by atoms with Crippen LogP contribution in [0.2, 0.25) is 0 Å². The molecule has 12 heteroatoms. The summed E-state index contributed by atoms with van der Waals surface area (Å²) in [5.41, 5.74) is -2.88. The molecule has 0 atom stereocenters. The van der Waals surface area contributed by atoms with E-state index in [-0.39, 0.29) is 38.6 Å². The van der Waals surface area contributed by atoms with Crippen LogP contribution in [-0.4, -0.2) is 9.97 Å². The van der Waals surface area contributed by atoms with Crippen molar-refractivity contribution < 1.29 is 26.3 Å². The van der Waals surface area contributed by atoms with Crippen molar-refractivity contribution in [1.29, 1.82) is 10.5 Å². The largest absolute Gasteiger partial charge is 0.525 e. The van der Waals surface area contributed by atoms with E-state index >= 15 is 8.78 Å². The zero-order valence-corrected chi connectivity index (χ0v) is 19.7. The Kier molecular flexibility index (Phi) is 6.18. The average molecular weight is 542 g/mol.